The molecule has 1 aromatic carbocycles. The van der Waals surface area contributed by atoms with Crippen LogP contribution in [0.4, 0.5) is 0 Å². The third-order valence-corrected chi connectivity index (χ3v) is 6.53. The van der Waals surface area contributed by atoms with Crippen molar-refractivity contribution >= 4 is 21.5 Å². The van der Waals surface area contributed by atoms with Crippen LogP contribution in [0.3, 0.4) is 0 Å². The van der Waals surface area contributed by atoms with Crippen LogP contribution in [0, 0.1) is 5.92 Å². The molecule has 3 rings (SSSR count). The van der Waals surface area contributed by atoms with Gasteiger partial charge in [-0.2, -0.15) is 0 Å². The number of carbonyl (C=O) groups is 1. The number of hydrogen-bond acceptors (Lipinski definition) is 5. The fourth-order valence-corrected chi connectivity index (χ4v) is 4.00. The minimum Gasteiger partial charge on any atom is -0.347 e. The van der Waals surface area contributed by atoms with Crippen molar-refractivity contribution in [1.29, 1.82) is 0 Å². The van der Waals surface area contributed by atoms with Crippen LogP contribution in [-0.2, 0) is 22.8 Å². The van der Waals surface area contributed by atoms with Crippen LogP contribution >= 0.6 is 0 Å². The molecule has 1 aliphatic rings. The molecule has 2 heterocycles. The molecule has 28 heavy (non-hydrogen) atoms. The molecule has 1 aliphatic heterocycles. The highest BCUT2D eigenvalue weighted by Crippen LogP contribution is 2.19. The number of fused-ring (bicyclic) bond motifs is 1. The minimum absolute atomic E-state index is 0.0642. The second kappa shape index (κ2) is 8.22. The van der Waals surface area contributed by atoms with E-state index in [1.807, 2.05) is 6.07 Å². The molecule has 0 saturated heterocycles. The van der Waals surface area contributed by atoms with Gasteiger partial charge < -0.3 is 5.32 Å². The fourth-order valence-electron chi connectivity index (χ4n) is 3.12. The van der Waals surface area contributed by atoms with Gasteiger partial charge in [0.1, 0.15) is 5.69 Å². The number of aromatic nitrogens is 1. The highest BCUT2D eigenvalue weighted by atomic mass is 32.2. The Hall–Kier alpha value is -2.54. The van der Waals surface area contributed by atoms with Crippen LogP contribution in [0.25, 0.3) is 0 Å². The molecule has 0 fully saturated rings. The molecular weight excluding hydrogens is 374 g/mol. The van der Waals surface area contributed by atoms with E-state index in [9.17, 15) is 13.2 Å². The van der Waals surface area contributed by atoms with E-state index in [-0.39, 0.29) is 17.6 Å². The predicted molar refractivity (Wildman–Crippen MR) is 110 cm³/mol. The summed E-state index contributed by atoms with van der Waals surface area (Å²) in [5.74, 6) is 0.0545. The van der Waals surface area contributed by atoms with Crippen LogP contribution in [0.1, 0.15) is 48.1 Å². The second-order valence-electron chi connectivity index (χ2n) is 7.11. The van der Waals surface area contributed by atoms with E-state index in [2.05, 4.69) is 29.1 Å². The molecule has 0 atom stereocenters. The number of pyridine rings is 1. The monoisotopic (exact) mass is 399 g/mol. The molecule has 0 radical (unpaired) electrons. The number of amides is 1. The highest BCUT2D eigenvalue weighted by molar-refractivity contribution is 7.91. The zero-order chi connectivity index (χ0) is 20.3. The number of nitrogens with zero attached hydrogens (tertiary/aromatic N) is 2. The maximum Gasteiger partial charge on any atom is 0.270 e. The van der Waals surface area contributed by atoms with E-state index in [0.717, 1.165) is 35.5 Å². The lowest BCUT2D eigenvalue weighted by atomic mass is 9.96. The third-order valence-electron chi connectivity index (χ3n) is 4.78. The van der Waals surface area contributed by atoms with Gasteiger partial charge >= 0.3 is 0 Å². The van der Waals surface area contributed by atoms with Gasteiger partial charge in [0.05, 0.1) is 22.1 Å². The van der Waals surface area contributed by atoms with Crippen molar-refractivity contribution in [3.8, 4) is 0 Å². The van der Waals surface area contributed by atoms with E-state index < -0.39 is 9.84 Å². The smallest absolute Gasteiger partial charge is 0.270 e. The molecule has 7 heteroatoms. The third kappa shape index (κ3) is 4.30. The summed E-state index contributed by atoms with van der Waals surface area (Å²) in [5, 5.41) is 2.85. The van der Waals surface area contributed by atoms with Gasteiger partial charge in [-0.3, -0.25) is 9.79 Å². The number of carbonyl (C=O) groups excluding carboxylic acids is 1. The largest absolute Gasteiger partial charge is 0.347 e. The normalized spacial score (nSPS) is 13.8. The fraction of sp³-hybridized carbons (Fsp3) is 0.381. The Balaban J connectivity index is 1.71. The maximum atomic E-state index is 12.5. The van der Waals surface area contributed by atoms with E-state index in [0.29, 0.717) is 17.1 Å². The summed E-state index contributed by atoms with van der Waals surface area (Å²) < 4.78 is 23.7. The average molecular weight is 400 g/mol. The summed E-state index contributed by atoms with van der Waals surface area (Å²) in [6.45, 7) is 6.83. The first-order valence-electron chi connectivity index (χ1n) is 9.46. The number of aliphatic imine (C=N–C) groups is 1. The molecule has 148 valence electrons. The molecule has 1 amide bonds. The first kappa shape index (κ1) is 20.2. The van der Waals surface area contributed by atoms with E-state index >= 15 is 0 Å². The quantitative estimate of drug-likeness (QED) is 0.809. The number of benzene rings is 1. The second-order valence-corrected chi connectivity index (χ2v) is 9.38. The molecule has 0 unspecified atom stereocenters. The van der Waals surface area contributed by atoms with E-state index in [1.165, 1.54) is 0 Å². The molecule has 0 aliphatic carbocycles. The van der Waals surface area contributed by atoms with Gasteiger partial charge in [-0.1, -0.05) is 39.0 Å². The zero-order valence-corrected chi connectivity index (χ0v) is 17.2. The molecule has 2 aromatic rings. The van der Waals surface area contributed by atoms with Crippen molar-refractivity contribution in [2.45, 2.75) is 38.6 Å². The SMILES string of the molecule is CCS(=O)(=O)c1ccc(CNC(=O)c2ccc3c(n2)C(C(C)C)=NCC3)cc1. The van der Waals surface area contributed by atoms with Crippen LogP contribution in [0.15, 0.2) is 46.3 Å². The van der Waals surface area contributed by atoms with E-state index in [1.54, 1.807) is 37.3 Å². The molecule has 1 aromatic heterocycles. The number of sulfone groups is 1. The lowest BCUT2D eigenvalue weighted by molar-refractivity contribution is 0.0946. The Morgan fingerprint density at radius 1 is 1.14 bits per heavy atom. The van der Waals surface area contributed by atoms with Gasteiger partial charge in [0.25, 0.3) is 5.91 Å². The van der Waals surface area contributed by atoms with Gasteiger partial charge in [0.2, 0.25) is 0 Å². The lowest BCUT2D eigenvalue weighted by Gasteiger charge is -2.19. The van der Waals surface area contributed by atoms with Crippen LogP contribution in [-0.4, -0.2) is 37.3 Å². The van der Waals surface area contributed by atoms with Crippen molar-refractivity contribution in [2.24, 2.45) is 10.9 Å². The van der Waals surface area contributed by atoms with E-state index in [4.69, 9.17) is 0 Å². The van der Waals surface area contributed by atoms with Gasteiger partial charge in [-0.25, -0.2) is 13.4 Å². The molecule has 6 nitrogen and oxygen atoms in total. The number of rotatable bonds is 6. The molecule has 0 saturated carbocycles. The average Bonchev–Trinajstić information content (AvgIpc) is 2.71. The first-order valence-corrected chi connectivity index (χ1v) is 11.1. The Kier molecular flexibility index (Phi) is 5.93. The van der Waals surface area contributed by atoms with Crippen molar-refractivity contribution < 1.29 is 13.2 Å². The Bertz CT molecular complexity index is 1010. The van der Waals surface area contributed by atoms with Crippen molar-refractivity contribution in [3.05, 3.63) is 58.9 Å². The lowest BCUT2D eigenvalue weighted by Crippen LogP contribution is -2.26. The summed E-state index contributed by atoms with van der Waals surface area (Å²) >= 11 is 0. The summed E-state index contributed by atoms with van der Waals surface area (Å²) in [4.78, 5) is 22.0. The Morgan fingerprint density at radius 2 is 1.86 bits per heavy atom. The summed E-state index contributed by atoms with van der Waals surface area (Å²) in [5.41, 5.74) is 4.08. The topological polar surface area (TPSA) is 88.5 Å². The van der Waals surface area contributed by atoms with Crippen molar-refractivity contribution in [3.63, 3.8) is 0 Å². The van der Waals surface area contributed by atoms with Gasteiger partial charge in [0, 0.05) is 13.1 Å². The Labute approximate surface area is 166 Å². The van der Waals surface area contributed by atoms with Crippen LogP contribution in [0.5, 0.6) is 0 Å². The Morgan fingerprint density at radius 3 is 2.50 bits per heavy atom. The predicted octanol–water partition coefficient (Wildman–Crippen LogP) is 2.81. The van der Waals surface area contributed by atoms with Gasteiger partial charge in [0.15, 0.2) is 9.84 Å². The van der Waals surface area contributed by atoms with Crippen LogP contribution < -0.4 is 5.32 Å². The standard InChI is InChI=1S/C21H25N3O3S/c1-4-28(26,27)17-8-5-15(6-9-17)13-23-21(25)18-10-7-16-11-12-22-19(14(2)3)20(16)24-18/h5-10,14H,4,11-13H2,1-3H3,(H,23,25). The minimum atomic E-state index is -3.22. The van der Waals surface area contributed by atoms with Gasteiger partial charge in [-0.15, -0.1) is 0 Å². The highest BCUT2D eigenvalue weighted by Gasteiger charge is 2.20. The molecular formula is C21H25N3O3S. The summed E-state index contributed by atoms with van der Waals surface area (Å²) in [6.07, 6.45) is 0.841. The first-order chi connectivity index (χ1) is 13.3. The number of nitrogens with one attached hydrogen (secondary N) is 1. The maximum absolute atomic E-state index is 12.5. The molecule has 0 bridgehead atoms. The summed E-state index contributed by atoms with van der Waals surface area (Å²) in [7, 11) is -3.22. The van der Waals surface area contributed by atoms with Gasteiger partial charge in [-0.05, 0) is 41.7 Å². The van der Waals surface area contributed by atoms with Crippen LogP contribution in [0.2, 0.25) is 0 Å². The van der Waals surface area contributed by atoms with Crippen molar-refractivity contribution in [2.75, 3.05) is 12.3 Å². The summed E-state index contributed by atoms with van der Waals surface area (Å²) in [6, 6.07) is 10.3. The number of hydrogen-bond donors (Lipinski definition) is 1. The molecule has 0 spiro atoms. The zero-order valence-electron chi connectivity index (χ0n) is 16.4. The van der Waals surface area contributed by atoms with Crippen molar-refractivity contribution in [1.82, 2.24) is 10.3 Å². The molecule has 1 N–H and O–H groups in total.